The molecule has 0 radical (unpaired) electrons. The predicted molar refractivity (Wildman–Crippen MR) is 155 cm³/mol. The molecule has 38 heavy (non-hydrogen) atoms. The highest BCUT2D eigenvalue weighted by molar-refractivity contribution is 8.00. The van der Waals surface area contributed by atoms with Crippen molar-refractivity contribution in [1.29, 1.82) is 0 Å². The van der Waals surface area contributed by atoms with Crippen LogP contribution in [0.15, 0.2) is 107 Å². The lowest BCUT2D eigenvalue weighted by Gasteiger charge is -2.22. The van der Waals surface area contributed by atoms with E-state index in [9.17, 15) is 9.18 Å². The Labute approximate surface area is 233 Å². The number of benzene rings is 3. The number of para-hydroxylation sites is 1. The molecule has 1 amide bonds. The Kier molecular flexibility index (Phi) is 7.06. The molecule has 3 heterocycles. The van der Waals surface area contributed by atoms with Crippen molar-refractivity contribution in [1.82, 2.24) is 9.58 Å². The number of hydrazone groups is 1. The first-order valence-corrected chi connectivity index (χ1v) is 14.4. The second-order valence-electron chi connectivity index (χ2n) is 9.05. The smallest absolute Gasteiger partial charge is 0.253 e. The normalized spacial score (nSPS) is 15.3. The molecule has 0 aliphatic carbocycles. The Morgan fingerprint density at radius 2 is 1.82 bits per heavy atom. The van der Waals surface area contributed by atoms with Crippen molar-refractivity contribution in [3.63, 3.8) is 0 Å². The molecular formula is C30H23ClFN3OS2. The third-order valence-electron chi connectivity index (χ3n) is 6.63. The van der Waals surface area contributed by atoms with Gasteiger partial charge in [-0.2, -0.15) is 5.10 Å². The number of nitrogens with zero attached hydrogens (tertiary/aromatic N) is 3. The fourth-order valence-corrected chi connectivity index (χ4v) is 6.61. The quantitative estimate of drug-likeness (QED) is 0.189. The summed E-state index contributed by atoms with van der Waals surface area (Å²) in [6, 6.07) is 26.1. The molecule has 3 aromatic carbocycles. The first-order valence-electron chi connectivity index (χ1n) is 12.2. The molecule has 0 saturated carbocycles. The number of hydrogen-bond acceptors (Lipinski definition) is 4. The molecule has 0 N–H and O–H groups in total. The molecular weight excluding hydrogens is 537 g/mol. The lowest BCUT2D eigenvalue weighted by Crippen LogP contribution is -2.28. The van der Waals surface area contributed by atoms with Crippen molar-refractivity contribution in [3.05, 3.63) is 123 Å². The van der Waals surface area contributed by atoms with Gasteiger partial charge >= 0.3 is 0 Å². The number of hydrogen-bond donors (Lipinski definition) is 0. The maximum Gasteiger partial charge on any atom is 0.253 e. The third kappa shape index (κ3) is 5.01. The molecule has 8 heteroatoms. The van der Waals surface area contributed by atoms with Crippen molar-refractivity contribution in [2.24, 2.45) is 5.10 Å². The van der Waals surface area contributed by atoms with Crippen LogP contribution in [0.2, 0.25) is 5.02 Å². The number of carbonyl (C=O) groups excluding carboxylic acids is 1. The summed E-state index contributed by atoms with van der Waals surface area (Å²) in [5.41, 5.74) is 3.88. The van der Waals surface area contributed by atoms with Crippen LogP contribution in [0.5, 0.6) is 0 Å². The Balaban J connectivity index is 1.25. The summed E-state index contributed by atoms with van der Waals surface area (Å²) >= 11 is 9.54. The molecule has 190 valence electrons. The van der Waals surface area contributed by atoms with Gasteiger partial charge in [-0.25, -0.2) is 9.40 Å². The van der Waals surface area contributed by atoms with Crippen LogP contribution in [0, 0.1) is 5.82 Å². The molecule has 0 spiro atoms. The van der Waals surface area contributed by atoms with E-state index in [4.69, 9.17) is 16.7 Å². The monoisotopic (exact) mass is 559 g/mol. The number of rotatable bonds is 7. The fourth-order valence-electron chi connectivity index (χ4n) is 4.75. The summed E-state index contributed by atoms with van der Waals surface area (Å²) in [7, 11) is 0. The van der Waals surface area contributed by atoms with Crippen LogP contribution in [-0.2, 0) is 11.3 Å². The summed E-state index contributed by atoms with van der Waals surface area (Å²) in [5, 5.41) is 10.2. The highest BCUT2D eigenvalue weighted by Crippen LogP contribution is 2.36. The Morgan fingerprint density at radius 1 is 1.03 bits per heavy atom. The Bertz CT molecular complexity index is 1630. The lowest BCUT2D eigenvalue weighted by molar-refractivity contribution is -0.130. The molecule has 0 bridgehead atoms. The van der Waals surface area contributed by atoms with Crippen LogP contribution in [0.4, 0.5) is 4.39 Å². The molecule has 5 aromatic rings. The van der Waals surface area contributed by atoms with Crippen molar-refractivity contribution >= 4 is 57.2 Å². The van der Waals surface area contributed by atoms with E-state index in [0.717, 1.165) is 42.5 Å². The maximum absolute atomic E-state index is 13.6. The largest absolute Gasteiger partial charge is 0.342 e. The molecule has 0 saturated heterocycles. The molecule has 6 rings (SSSR count). The Hall–Kier alpha value is -3.39. The molecule has 1 unspecified atom stereocenters. The second-order valence-corrected chi connectivity index (χ2v) is 11.4. The molecule has 0 fully saturated rings. The van der Waals surface area contributed by atoms with Crippen LogP contribution in [0.3, 0.4) is 0 Å². The zero-order valence-electron chi connectivity index (χ0n) is 20.3. The van der Waals surface area contributed by atoms with Crippen molar-refractivity contribution in [2.45, 2.75) is 23.9 Å². The SMILES string of the molecule is O=C(CSc1cn(Cc2ccccc2Cl)c2ccccc12)N1N=C(c2cccs2)CC1c1ccc(F)cc1. The van der Waals surface area contributed by atoms with Crippen LogP contribution in [0.25, 0.3) is 10.9 Å². The summed E-state index contributed by atoms with van der Waals surface area (Å²) in [5.74, 6) is -0.148. The van der Waals surface area contributed by atoms with Gasteiger partial charge in [0.25, 0.3) is 5.91 Å². The van der Waals surface area contributed by atoms with E-state index in [1.165, 1.54) is 23.9 Å². The third-order valence-corrected chi connectivity index (χ3v) is 8.94. The van der Waals surface area contributed by atoms with Gasteiger partial charge in [0.15, 0.2) is 0 Å². The number of amides is 1. The van der Waals surface area contributed by atoms with Crippen LogP contribution >= 0.6 is 34.7 Å². The van der Waals surface area contributed by atoms with Crippen molar-refractivity contribution in [3.8, 4) is 0 Å². The average molecular weight is 560 g/mol. The zero-order chi connectivity index (χ0) is 26.1. The van der Waals surface area contributed by atoms with Crippen LogP contribution < -0.4 is 0 Å². The van der Waals surface area contributed by atoms with Gasteiger partial charge in [-0.3, -0.25) is 4.79 Å². The minimum absolute atomic E-state index is 0.0844. The topological polar surface area (TPSA) is 37.6 Å². The second kappa shape index (κ2) is 10.8. The van der Waals surface area contributed by atoms with Crippen molar-refractivity contribution in [2.75, 3.05) is 5.75 Å². The molecule has 4 nitrogen and oxygen atoms in total. The lowest BCUT2D eigenvalue weighted by atomic mass is 10.0. The molecule has 1 atom stereocenters. The molecule has 1 aliphatic heterocycles. The number of thiophene rings is 1. The number of fused-ring (bicyclic) bond motifs is 1. The average Bonchev–Trinajstić information content (AvgIpc) is 3.69. The maximum atomic E-state index is 13.6. The minimum Gasteiger partial charge on any atom is -0.342 e. The van der Waals surface area contributed by atoms with E-state index in [-0.39, 0.29) is 23.5 Å². The first-order chi connectivity index (χ1) is 18.6. The number of aromatic nitrogens is 1. The number of halogens is 2. The van der Waals surface area contributed by atoms with Gasteiger partial charge in [-0.05, 0) is 46.8 Å². The fraction of sp³-hybridized carbons (Fsp3) is 0.133. The Morgan fingerprint density at radius 3 is 2.61 bits per heavy atom. The van der Waals surface area contributed by atoms with Gasteiger partial charge in [0.1, 0.15) is 5.82 Å². The predicted octanol–water partition coefficient (Wildman–Crippen LogP) is 8.01. The standard InChI is InChI=1S/C30H23ClFN3OS2/c31-24-8-3-1-6-21(24)17-34-18-29(23-7-2-4-9-26(23)34)38-19-30(36)35-27(20-11-13-22(32)14-12-20)16-25(33-35)28-10-5-15-37-28/h1-15,18,27H,16-17,19H2. The summed E-state index contributed by atoms with van der Waals surface area (Å²) in [6.45, 7) is 0.641. The van der Waals surface area contributed by atoms with Gasteiger partial charge in [0.05, 0.1) is 22.4 Å². The zero-order valence-corrected chi connectivity index (χ0v) is 22.6. The van der Waals surface area contributed by atoms with Gasteiger partial charge in [0.2, 0.25) is 0 Å². The molecule has 1 aliphatic rings. The summed E-state index contributed by atoms with van der Waals surface area (Å²) < 4.78 is 15.8. The first kappa shape index (κ1) is 24.9. The highest BCUT2D eigenvalue weighted by Gasteiger charge is 2.33. The summed E-state index contributed by atoms with van der Waals surface area (Å²) in [4.78, 5) is 15.6. The van der Waals surface area contributed by atoms with E-state index in [1.807, 2.05) is 53.9 Å². The van der Waals surface area contributed by atoms with Gasteiger partial charge in [-0.15, -0.1) is 23.1 Å². The van der Waals surface area contributed by atoms with E-state index in [1.54, 1.807) is 28.5 Å². The van der Waals surface area contributed by atoms with Crippen molar-refractivity contribution < 1.29 is 9.18 Å². The van der Waals surface area contributed by atoms with E-state index in [2.05, 4.69) is 22.9 Å². The van der Waals surface area contributed by atoms with Gasteiger partial charge in [0, 0.05) is 40.0 Å². The molecule has 2 aromatic heterocycles. The minimum atomic E-state index is -0.298. The van der Waals surface area contributed by atoms with E-state index in [0.29, 0.717) is 13.0 Å². The number of carbonyl (C=O) groups is 1. The van der Waals surface area contributed by atoms with Crippen LogP contribution in [0.1, 0.15) is 28.5 Å². The highest BCUT2D eigenvalue weighted by atomic mass is 35.5. The summed E-state index contributed by atoms with van der Waals surface area (Å²) in [6.07, 6.45) is 2.69. The van der Waals surface area contributed by atoms with Gasteiger partial charge < -0.3 is 4.57 Å². The number of thioether (sulfide) groups is 1. The van der Waals surface area contributed by atoms with Gasteiger partial charge in [-0.1, -0.05) is 66.2 Å². The van der Waals surface area contributed by atoms with Crippen LogP contribution in [-0.4, -0.2) is 26.9 Å². The van der Waals surface area contributed by atoms with E-state index < -0.39 is 0 Å². The van der Waals surface area contributed by atoms with E-state index >= 15 is 0 Å².